The van der Waals surface area contributed by atoms with Crippen LogP contribution in [0.15, 0.2) is 91.1 Å². The first-order valence-corrected chi connectivity index (χ1v) is 13.6. The molecule has 2 aliphatic heterocycles. The Labute approximate surface area is 228 Å². The number of rotatable bonds is 5. The van der Waals surface area contributed by atoms with Crippen LogP contribution in [0.2, 0.25) is 0 Å². The predicted octanol–water partition coefficient (Wildman–Crippen LogP) is 5.68. The van der Waals surface area contributed by atoms with Crippen molar-refractivity contribution >= 4 is 11.5 Å². The number of pyridine rings is 1. The molecular weight excluding hydrogens is 482 g/mol. The number of nitrogens with zero attached hydrogens (tertiary/aromatic N) is 6. The number of para-hydroxylation sites is 1. The smallest absolute Gasteiger partial charge is 0.171 e. The van der Waals surface area contributed by atoms with Gasteiger partial charge in [0.25, 0.3) is 0 Å². The second kappa shape index (κ2) is 10.1. The van der Waals surface area contributed by atoms with Gasteiger partial charge in [-0.05, 0) is 42.3 Å². The van der Waals surface area contributed by atoms with E-state index in [4.69, 9.17) is 0 Å². The van der Waals surface area contributed by atoms with E-state index < -0.39 is 0 Å². The summed E-state index contributed by atoms with van der Waals surface area (Å²) in [6, 6.07) is 29.9. The van der Waals surface area contributed by atoms with E-state index in [1.54, 1.807) is 6.20 Å². The lowest BCUT2D eigenvalue weighted by molar-refractivity contribution is 0.122. The molecule has 0 aliphatic carbocycles. The summed E-state index contributed by atoms with van der Waals surface area (Å²) in [5.41, 5.74) is 7.99. The van der Waals surface area contributed by atoms with Crippen LogP contribution in [0.1, 0.15) is 16.7 Å². The monoisotopic (exact) mass is 513 g/mol. The Balaban J connectivity index is 1.08. The zero-order valence-electron chi connectivity index (χ0n) is 22.1. The Morgan fingerprint density at radius 2 is 1.33 bits per heavy atom. The first-order chi connectivity index (χ1) is 19.2. The summed E-state index contributed by atoms with van der Waals surface area (Å²) in [4.78, 5) is 9.71. The average molecular weight is 514 g/mol. The second-order valence-corrected chi connectivity index (χ2v) is 10.5. The molecule has 7 nitrogen and oxygen atoms in total. The van der Waals surface area contributed by atoms with Crippen LogP contribution >= 0.6 is 0 Å². The zero-order chi connectivity index (χ0) is 26.2. The molecule has 2 aromatic heterocycles. The van der Waals surface area contributed by atoms with Gasteiger partial charge in [-0.25, -0.2) is 4.98 Å². The molecule has 1 saturated heterocycles. The van der Waals surface area contributed by atoms with Gasteiger partial charge < -0.3 is 5.32 Å². The topological polar surface area (TPSA) is 62.1 Å². The highest BCUT2D eigenvalue weighted by atomic mass is 15.3. The molecule has 0 saturated carbocycles. The Kier molecular flexibility index (Phi) is 6.15. The number of anilines is 2. The molecule has 194 valence electrons. The van der Waals surface area contributed by atoms with Crippen LogP contribution in [-0.2, 0) is 13.1 Å². The minimum Gasteiger partial charge on any atom is -0.338 e. The lowest BCUT2D eigenvalue weighted by Crippen LogP contribution is -2.45. The molecule has 7 rings (SSSR count). The van der Waals surface area contributed by atoms with Crippen LogP contribution in [0.4, 0.5) is 11.5 Å². The van der Waals surface area contributed by atoms with Gasteiger partial charge in [-0.1, -0.05) is 66.2 Å². The second-order valence-electron chi connectivity index (χ2n) is 10.5. The third-order valence-electron chi connectivity index (χ3n) is 7.72. The number of fused-ring (bicyclic) bond motifs is 5. The van der Waals surface area contributed by atoms with Crippen LogP contribution in [0.25, 0.3) is 28.5 Å². The molecule has 0 amide bonds. The van der Waals surface area contributed by atoms with Crippen LogP contribution in [0.5, 0.6) is 0 Å². The fraction of sp³-hybridized carbons (Fsp3) is 0.219. The standard InChI is InChI=1S/C32H31N7/c1-23-8-10-24(11-9-23)21-37-17-19-38(20-18-37)22-25-12-14-26(15-13-25)31-35-36-32-27-5-2-3-6-28(27)34-30-29(39(31)32)7-4-16-33-30/h2-16H,17-22H2,1H3,(H,33,34). The summed E-state index contributed by atoms with van der Waals surface area (Å²) in [5, 5.41) is 12.7. The molecule has 1 fully saturated rings. The van der Waals surface area contributed by atoms with Crippen molar-refractivity contribution in [3.63, 3.8) is 0 Å². The number of benzene rings is 3. The van der Waals surface area contributed by atoms with Gasteiger partial charge in [0.1, 0.15) is 0 Å². The lowest BCUT2D eigenvalue weighted by atomic mass is 10.1. The molecule has 7 heteroatoms. The molecule has 5 aromatic rings. The van der Waals surface area contributed by atoms with E-state index in [2.05, 4.69) is 109 Å². The van der Waals surface area contributed by atoms with Gasteiger partial charge in [-0.15, -0.1) is 10.2 Å². The number of nitrogens with one attached hydrogen (secondary N) is 1. The van der Waals surface area contributed by atoms with Gasteiger partial charge >= 0.3 is 0 Å². The molecule has 0 radical (unpaired) electrons. The maximum Gasteiger partial charge on any atom is 0.171 e. The van der Waals surface area contributed by atoms with E-state index in [1.807, 2.05) is 18.2 Å². The van der Waals surface area contributed by atoms with Gasteiger partial charge in [-0.3, -0.25) is 14.4 Å². The van der Waals surface area contributed by atoms with E-state index in [9.17, 15) is 0 Å². The third kappa shape index (κ3) is 4.71. The fourth-order valence-corrected chi connectivity index (χ4v) is 5.54. The molecule has 1 N–H and O–H groups in total. The Bertz CT molecular complexity index is 1600. The number of aryl methyl sites for hydroxylation is 1. The predicted molar refractivity (Wildman–Crippen MR) is 155 cm³/mol. The van der Waals surface area contributed by atoms with Gasteiger partial charge in [0.15, 0.2) is 17.5 Å². The molecule has 2 aliphatic rings. The maximum absolute atomic E-state index is 4.64. The van der Waals surface area contributed by atoms with E-state index in [1.165, 1.54) is 16.7 Å². The molecule has 0 spiro atoms. The summed E-state index contributed by atoms with van der Waals surface area (Å²) < 4.78 is 2.11. The number of hydrogen-bond acceptors (Lipinski definition) is 6. The Morgan fingerprint density at radius 3 is 2.05 bits per heavy atom. The van der Waals surface area contributed by atoms with E-state index in [0.29, 0.717) is 0 Å². The van der Waals surface area contributed by atoms with Crippen molar-refractivity contribution in [2.24, 2.45) is 0 Å². The third-order valence-corrected chi connectivity index (χ3v) is 7.72. The minimum atomic E-state index is 0.794. The molecule has 0 bridgehead atoms. The molecular formula is C32H31N7. The van der Waals surface area contributed by atoms with Crippen molar-refractivity contribution in [1.82, 2.24) is 29.5 Å². The van der Waals surface area contributed by atoms with E-state index in [-0.39, 0.29) is 0 Å². The first kappa shape index (κ1) is 23.8. The van der Waals surface area contributed by atoms with Crippen LogP contribution in [-0.4, -0.2) is 55.7 Å². The molecule has 0 atom stereocenters. The quantitative estimate of drug-likeness (QED) is 0.320. The van der Waals surface area contributed by atoms with Crippen molar-refractivity contribution in [3.8, 4) is 28.5 Å². The van der Waals surface area contributed by atoms with Gasteiger partial charge in [0.2, 0.25) is 0 Å². The van der Waals surface area contributed by atoms with Gasteiger partial charge in [-0.2, -0.15) is 0 Å². The largest absolute Gasteiger partial charge is 0.338 e. The van der Waals surface area contributed by atoms with Crippen molar-refractivity contribution in [3.05, 3.63) is 108 Å². The summed E-state index contributed by atoms with van der Waals surface area (Å²) in [6.07, 6.45) is 1.81. The summed E-state index contributed by atoms with van der Waals surface area (Å²) >= 11 is 0. The summed E-state index contributed by atoms with van der Waals surface area (Å²) in [5.74, 6) is 2.42. The highest BCUT2D eigenvalue weighted by Crippen LogP contribution is 2.38. The minimum absolute atomic E-state index is 0.794. The van der Waals surface area contributed by atoms with Gasteiger partial charge in [0, 0.05) is 56.6 Å². The zero-order valence-corrected chi connectivity index (χ0v) is 22.1. The molecule has 0 unspecified atom stereocenters. The Morgan fingerprint density at radius 1 is 0.692 bits per heavy atom. The van der Waals surface area contributed by atoms with E-state index in [0.717, 1.165) is 79.2 Å². The van der Waals surface area contributed by atoms with Crippen molar-refractivity contribution in [1.29, 1.82) is 0 Å². The van der Waals surface area contributed by atoms with Crippen LogP contribution in [0.3, 0.4) is 0 Å². The highest BCUT2D eigenvalue weighted by Gasteiger charge is 2.25. The van der Waals surface area contributed by atoms with Crippen LogP contribution in [0, 0.1) is 6.92 Å². The number of hydrogen-bond donors (Lipinski definition) is 1. The molecule has 4 heterocycles. The molecule has 3 aromatic carbocycles. The summed E-state index contributed by atoms with van der Waals surface area (Å²) in [6.45, 7) is 8.50. The SMILES string of the molecule is Cc1ccc(CN2CCN(Cc3ccc(-c4nnc5n4-c4cccnc4Nc4ccccc4-5)cc3)CC2)cc1. The van der Waals surface area contributed by atoms with Crippen molar-refractivity contribution < 1.29 is 0 Å². The van der Waals surface area contributed by atoms with Crippen molar-refractivity contribution in [2.45, 2.75) is 20.0 Å². The maximum atomic E-state index is 4.64. The lowest BCUT2D eigenvalue weighted by Gasteiger charge is -2.34. The highest BCUT2D eigenvalue weighted by molar-refractivity contribution is 5.84. The normalized spacial score (nSPS) is 15.1. The van der Waals surface area contributed by atoms with E-state index >= 15 is 0 Å². The Hall–Kier alpha value is -4.33. The fourth-order valence-electron chi connectivity index (χ4n) is 5.54. The summed E-state index contributed by atoms with van der Waals surface area (Å²) in [7, 11) is 0. The number of aromatic nitrogens is 4. The number of piperazine rings is 1. The molecule has 39 heavy (non-hydrogen) atoms. The van der Waals surface area contributed by atoms with Crippen molar-refractivity contribution in [2.75, 3.05) is 31.5 Å². The first-order valence-electron chi connectivity index (χ1n) is 13.6. The average Bonchev–Trinajstić information content (AvgIpc) is 3.35. The van der Waals surface area contributed by atoms with Crippen LogP contribution < -0.4 is 5.32 Å². The van der Waals surface area contributed by atoms with Gasteiger partial charge in [0.05, 0.1) is 11.4 Å².